The Hall–Kier alpha value is -2.86. The second-order valence-electron chi connectivity index (χ2n) is 7.90. The molecule has 148 valence electrons. The summed E-state index contributed by atoms with van der Waals surface area (Å²) in [6.07, 6.45) is 1.04. The maximum absolute atomic E-state index is 13.1. The van der Waals surface area contributed by atoms with Gasteiger partial charge in [0.2, 0.25) is 0 Å². The molecule has 2 aromatic heterocycles. The number of aromatic nitrogens is 1. The lowest BCUT2D eigenvalue weighted by molar-refractivity contribution is 0.0594. The first-order valence-corrected chi connectivity index (χ1v) is 10.9. The SMILES string of the molecule is O=C(c1ccccc1)N1C[C@@H]2C[C@H](C1)c1ccc(NCc3cccs3)c(=O)n1C2. The van der Waals surface area contributed by atoms with Crippen molar-refractivity contribution in [2.75, 3.05) is 18.4 Å². The van der Waals surface area contributed by atoms with Crippen LogP contribution < -0.4 is 10.9 Å². The lowest BCUT2D eigenvalue weighted by atomic mass is 9.83. The number of anilines is 1. The number of amides is 1. The standard InChI is InChI=1S/C23H23N3O2S/c27-22(17-5-2-1-3-6-17)25-13-16-11-18(15-25)21-9-8-20(23(28)26(21)14-16)24-12-19-7-4-10-29-19/h1-10,16,18,24H,11-15H2/t16-,18+/m0/s1. The molecule has 1 aromatic carbocycles. The van der Waals surface area contributed by atoms with Crippen LogP contribution in [0.15, 0.2) is 64.8 Å². The summed E-state index contributed by atoms with van der Waals surface area (Å²) in [6, 6.07) is 17.5. The smallest absolute Gasteiger partial charge is 0.274 e. The summed E-state index contributed by atoms with van der Waals surface area (Å²) in [5.41, 5.74) is 2.49. The van der Waals surface area contributed by atoms with Crippen molar-refractivity contribution in [1.29, 1.82) is 0 Å². The molecular weight excluding hydrogens is 382 g/mol. The van der Waals surface area contributed by atoms with Crippen LogP contribution in [-0.2, 0) is 13.1 Å². The van der Waals surface area contributed by atoms with Crippen LogP contribution in [0.3, 0.4) is 0 Å². The van der Waals surface area contributed by atoms with Crippen molar-refractivity contribution < 1.29 is 4.79 Å². The normalized spacial score (nSPS) is 20.2. The van der Waals surface area contributed by atoms with Gasteiger partial charge in [0.05, 0.1) is 0 Å². The van der Waals surface area contributed by atoms with Gasteiger partial charge in [-0.25, -0.2) is 0 Å². The molecule has 3 aromatic rings. The molecule has 0 aliphatic carbocycles. The molecule has 2 aliphatic rings. The van der Waals surface area contributed by atoms with Crippen molar-refractivity contribution in [2.24, 2.45) is 5.92 Å². The Bertz CT molecular complexity index is 1080. The first-order chi connectivity index (χ1) is 14.2. The Kier molecular flexibility index (Phi) is 4.72. The number of carbonyl (C=O) groups is 1. The number of hydrogen-bond donors (Lipinski definition) is 1. The minimum atomic E-state index is 0.0524. The predicted molar refractivity (Wildman–Crippen MR) is 116 cm³/mol. The number of rotatable bonds is 4. The summed E-state index contributed by atoms with van der Waals surface area (Å²) < 4.78 is 1.93. The monoisotopic (exact) mass is 405 g/mol. The van der Waals surface area contributed by atoms with E-state index in [2.05, 4.69) is 17.4 Å². The molecule has 29 heavy (non-hydrogen) atoms. The molecule has 1 saturated heterocycles. The number of piperidine rings is 1. The van der Waals surface area contributed by atoms with Crippen LogP contribution in [0.1, 0.15) is 33.3 Å². The van der Waals surface area contributed by atoms with Crippen LogP contribution in [0.25, 0.3) is 0 Å². The van der Waals surface area contributed by atoms with Gasteiger partial charge in [0, 0.05) is 48.2 Å². The van der Waals surface area contributed by atoms with E-state index in [4.69, 9.17) is 0 Å². The molecule has 5 rings (SSSR count). The van der Waals surface area contributed by atoms with Gasteiger partial charge in [-0.1, -0.05) is 24.3 Å². The fourth-order valence-electron chi connectivity index (χ4n) is 4.61. The van der Waals surface area contributed by atoms with E-state index in [0.29, 0.717) is 37.8 Å². The van der Waals surface area contributed by atoms with Crippen molar-refractivity contribution >= 4 is 22.9 Å². The van der Waals surface area contributed by atoms with Crippen LogP contribution in [0, 0.1) is 5.92 Å². The second kappa shape index (κ2) is 7.52. The van der Waals surface area contributed by atoms with Gasteiger partial charge in [0.1, 0.15) is 5.69 Å². The first kappa shape index (κ1) is 18.2. The summed E-state index contributed by atoms with van der Waals surface area (Å²) in [5.74, 6) is 0.624. The van der Waals surface area contributed by atoms with Gasteiger partial charge < -0.3 is 14.8 Å². The summed E-state index contributed by atoms with van der Waals surface area (Å²) in [6.45, 7) is 2.73. The van der Waals surface area contributed by atoms with E-state index in [9.17, 15) is 9.59 Å². The van der Waals surface area contributed by atoms with Gasteiger partial charge >= 0.3 is 0 Å². The third-order valence-corrected chi connectivity index (χ3v) is 6.82. The molecule has 2 bridgehead atoms. The van der Waals surface area contributed by atoms with Gasteiger partial charge in [-0.15, -0.1) is 11.3 Å². The summed E-state index contributed by atoms with van der Waals surface area (Å²) in [7, 11) is 0. The largest absolute Gasteiger partial charge is 0.376 e. The molecule has 0 spiro atoms. The zero-order valence-electron chi connectivity index (χ0n) is 16.1. The molecule has 0 unspecified atom stereocenters. The molecule has 0 saturated carbocycles. The molecule has 1 N–H and O–H groups in total. The van der Waals surface area contributed by atoms with E-state index in [1.807, 2.05) is 57.3 Å². The third kappa shape index (κ3) is 3.49. The number of benzene rings is 1. The topological polar surface area (TPSA) is 54.3 Å². The van der Waals surface area contributed by atoms with Crippen molar-refractivity contribution in [3.63, 3.8) is 0 Å². The fourth-order valence-corrected chi connectivity index (χ4v) is 5.25. The van der Waals surface area contributed by atoms with Gasteiger partial charge in [-0.2, -0.15) is 0 Å². The molecule has 2 aliphatic heterocycles. The average molecular weight is 406 g/mol. The zero-order chi connectivity index (χ0) is 19.8. The van der Waals surface area contributed by atoms with E-state index in [1.165, 1.54) is 4.88 Å². The van der Waals surface area contributed by atoms with Crippen molar-refractivity contribution in [1.82, 2.24) is 9.47 Å². The Morgan fingerprint density at radius 3 is 2.69 bits per heavy atom. The van der Waals surface area contributed by atoms with E-state index in [1.54, 1.807) is 11.3 Å². The molecular formula is C23H23N3O2S. The summed E-state index contributed by atoms with van der Waals surface area (Å²) in [5, 5.41) is 5.33. The van der Waals surface area contributed by atoms with Gasteiger partial charge in [0.25, 0.3) is 11.5 Å². The number of hydrogen-bond acceptors (Lipinski definition) is 4. The number of thiophene rings is 1. The molecule has 4 heterocycles. The van der Waals surface area contributed by atoms with Gasteiger partial charge in [-0.3, -0.25) is 9.59 Å². The third-order valence-electron chi connectivity index (χ3n) is 5.95. The highest BCUT2D eigenvalue weighted by Crippen LogP contribution is 2.36. The van der Waals surface area contributed by atoms with Crippen molar-refractivity contribution in [2.45, 2.75) is 25.4 Å². The minimum Gasteiger partial charge on any atom is -0.376 e. The van der Waals surface area contributed by atoms with Gasteiger partial charge in [0.15, 0.2) is 0 Å². The highest BCUT2D eigenvalue weighted by Gasteiger charge is 2.36. The first-order valence-electron chi connectivity index (χ1n) is 10.0. The number of carbonyl (C=O) groups excluding carboxylic acids is 1. The Morgan fingerprint density at radius 2 is 1.90 bits per heavy atom. The second-order valence-corrected chi connectivity index (χ2v) is 8.93. The predicted octanol–water partition coefficient (Wildman–Crippen LogP) is 3.78. The maximum Gasteiger partial charge on any atom is 0.274 e. The molecule has 0 radical (unpaired) electrons. The maximum atomic E-state index is 13.1. The van der Waals surface area contributed by atoms with Crippen LogP contribution in [-0.4, -0.2) is 28.5 Å². The lowest BCUT2D eigenvalue weighted by Crippen LogP contribution is -2.49. The molecule has 1 fully saturated rings. The van der Waals surface area contributed by atoms with E-state index in [-0.39, 0.29) is 17.4 Å². The number of nitrogens with zero attached hydrogens (tertiary/aromatic N) is 2. The van der Waals surface area contributed by atoms with Crippen LogP contribution in [0.2, 0.25) is 0 Å². The highest BCUT2D eigenvalue weighted by molar-refractivity contribution is 7.09. The Balaban J connectivity index is 1.37. The Morgan fingerprint density at radius 1 is 1.03 bits per heavy atom. The Labute approximate surface area is 173 Å². The minimum absolute atomic E-state index is 0.0524. The number of nitrogens with one attached hydrogen (secondary N) is 1. The van der Waals surface area contributed by atoms with Crippen LogP contribution in [0.5, 0.6) is 0 Å². The zero-order valence-corrected chi connectivity index (χ0v) is 16.9. The van der Waals surface area contributed by atoms with Crippen molar-refractivity contribution in [3.8, 4) is 0 Å². The quantitative estimate of drug-likeness (QED) is 0.719. The molecule has 6 heteroatoms. The van der Waals surface area contributed by atoms with Crippen LogP contribution >= 0.6 is 11.3 Å². The highest BCUT2D eigenvalue weighted by atomic mass is 32.1. The van der Waals surface area contributed by atoms with Crippen molar-refractivity contribution in [3.05, 3.63) is 86.5 Å². The summed E-state index contributed by atoms with van der Waals surface area (Å²) >= 11 is 1.68. The van der Waals surface area contributed by atoms with E-state index < -0.39 is 0 Å². The number of likely N-dealkylation sites (tertiary alicyclic amines) is 1. The fraction of sp³-hybridized carbons (Fsp3) is 0.304. The average Bonchev–Trinajstić information content (AvgIpc) is 3.27. The van der Waals surface area contributed by atoms with E-state index in [0.717, 1.165) is 17.7 Å². The van der Waals surface area contributed by atoms with Gasteiger partial charge in [-0.05, 0) is 48.1 Å². The lowest BCUT2D eigenvalue weighted by Gasteiger charge is -2.43. The summed E-state index contributed by atoms with van der Waals surface area (Å²) in [4.78, 5) is 29.1. The number of fused-ring (bicyclic) bond motifs is 4. The molecule has 5 nitrogen and oxygen atoms in total. The van der Waals surface area contributed by atoms with E-state index >= 15 is 0 Å². The number of pyridine rings is 1. The molecule has 1 amide bonds. The molecule has 2 atom stereocenters. The van der Waals surface area contributed by atoms with Crippen LogP contribution in [0.4, 0.5) is 5.69 Å².